The number of nitrogens with one attached hydrogen (secondary N) is 2. The molecule has 0 bridgehead atoms. The molecule has 0 aromatic carbocycles. The van der Waals surface area contributed by atoms with Gasteiger partial charge in [0.15, 0.2) is 0 Å². The zero-order valence-corrected chi connectivity index (χ0v) is 14.7. The summed E-state index contributed by atoms with van der Waals surface area (Å²) in [5.74, 6) is 0.180. The minimum atomic E-state index is -4.08. The fourth-order valence-electron chi connectivity index (χ4n) is 1.21. The van der Waals surface area contributed by atoms with Crippen molar-refractivity contribution in [3.05, 3.63) is 0 Å². The van der Waals surface area contributed by atoms with E-state index in [2.05, 4.69) is 10.6 Å². The van der Waals surface area contributed by atoms with Crippen LogP contribution in [0.2, 0.25) is 0 Å². The third-order valence-electron chi connectivity index (χ3n) is 2.17. The molecule has 0 saturated heterocycles. The van der Waals surface area contributed by atoms with Crippen molar-refractivity contribution in [2.45, 2.75) is 12.2 Å². The molecule has 6 N–H and O–H groups in total. The van der Waals surface area contributed by atoms with Crippen LogP contribution in [0.1, 0.15) is 0 Å². The van der Waals surface area contributed by atoms with E-state index in [9.17, 15) is 27.0 Å². The van der Waals surface area contributed by atoms with E-state index in [1.165, 1.54) is 0 Å². The molecule has 22 heavy (non-hydrogen) atoms. The molecule has 0 aliphatic rings. The summed E-state index contributed by atoms with van der Waals surface area (Å²) in [5, 5.41) is 24.6. The van der Waals surface area contributed by atoms with Crippen molar-refractivity contribution in [2.24, 2.45) is 0 Å². The number of aliphatic hydroxyl groups excluding tert-OH is 2. The number of hydrogen-bond donors (Lipinski definition) is 6. The van der Waals surface area contributed by atoms with E-state index in [1.54, 1.807) is 0 Å². The molecule has 0 rings (SSSR count). The number of hydrogen-bond acceptors (Lipinski definition) is 10. The minimum Gasteiger partial charge on any atom is -0.389 e. The summed E-state index contributed by atoms with van der Waals surface area (Å²) in [6.45, 7) is 0.475. The van der Waals surface area contributed by atoms with Crippen molar-refractivity contribution in [2.75, 3.05) is 37.7 Å². The van der Waals surface area contributed by atoms with Gasteiger partial charge in [-0.1, -0.05) is 0 Å². The standard InChI is InChI=1S/C8H20N2O8S4/c11-7(5-9-1-3-19-21(13,14)15)8(12)6-10-2-4-20-22(16,17)18/h7-12H,1-6H2,(H,13,14,15)(H,16,17,18)/t7-,8+. The van der Waals surface area contributed by atoms with Crippen molar-refractivity contribution in [1.29, 1.82) is 0 Å². The van der Waals surface area contributed by atoms with Gasteiger partial charge in [0.2, 0.25) is 0 Å². The fraction of sp³-hybridized carbons (Fsp3) is 1.00. The lowest BCUT2D eigenvalue weighted by Crippen LogP contribution is -2.43. The van der Waals surface area contributed by atoms with Gasteiger partial charge in [0, 0.05) is 37.7 Å². The van der Waals surface area contributed by atoms with Crippen molar-refractivity contribution in [3.63, 3.8) is 0 Å². The van der Waals surface area contributed by atoms with Gasteiger partial charge < -0.3 is 20.8 Å². The summed E-state index contributed by atoms with van der Waals surface area (Å²) in [7, 11) is -7.45. The van der Waals surface area contributed by atoms with Crippen LogP contribution in [0.5, 0.6) is 0 Å². The first-order valence-corrected chi connectivity index (χ1v) is 11.9. The molecule has 0 saturated carbocycles. The topological polar surface area (TPSA) is 173 Å². The second-order valence-electron chi connectivity index (χ2n) is 4.04. The van der Waals surface area contributed by atoms with E-state index in [-0.39, 0.29) is 37.7 Å². The van der Waals surface area contributed by atoms with Crippen LogP contribution in [-0.2, 0) is 18.3 Å². The molecule has 0 fully saturated rings. The largest absolute Gasteiger partial charge is 0.389 e. The Balaban J connectivity index is 3.64. The molecule has 10 nitrogen and oxygen atoms in total. The maximum atomic E-state index is 10.4. The van der Waals surface area contributed by atoms with Crippen molar-refractivity contribution >= 4 is 39.9 Å². The highest BCUT2D eigenvalue weighted by atomic mass is 33.2. The summed E-state index contributed by atoms with van der Waals surface area (Å²) >= 11 is 0. The summed E-state index contributed by atoms with van der Waals surface area (Å²) in [6.07, 6.45) is -2.20. The second-order valence-corrected chi connectivity index (χ2v) is 11.0. The van der Waals surface area contributed by atoms with Gasteiger partial charge in [0.05, 0.1) is 12.2 Å². The molecular weight excluding hydrogens is 380 g/mol. The monoisotopic (exact) mass is 400 g/mol. The maximum absolute atomic E-state index is 10.4. The highest BCUT2D eigenvalue weighted by molar-refractivity contribution is 8.70. The first-order valence-electron chi connectivity index (χ1n) is 6.02. The second kappa shape index (κ2) is 11.0. The molecule has 0 aliphatic heterocycles. The lowest BCUT2D eigenvalue weighted by atomic mass is 10.2. The van der Waals surface area contributed by atoms with E-state index < -0.39 is 30.5 Å². The van der Waals surface area contributed by atoms with Gasteiger partial charge in [-0.15, -0.1) is 0 Å². The van der Waals surface area contributed by atoms with E-state index >= 15 is 0 Å². The Kier molecular flexibility index (Phi) is 11.2. The molecule has 134 valence electrons. The maximum Gasteiger partial charge on any atom is 0.319 e. The van der Waals surface area contributed by atoms with Gasteiger partial charge in [0.1, 0.15) is 0 Å². The quantitative estimate of drug-likeness (QED) is 0.114. The Hall–Kier alpha value is 0.360. The summed E-state index contributed by atoms with van der Waals surface area (Å²) < 4.78 is 58.6. The highest BCUT2D eigenvalue weighted by Gasteiger charge is 2.15. The van der Waals surface area contributed by atoms with Gasteiger partial charge in [-0.2, -0.15) is 16.8 Å². The predicted molar refractivity (Wildman–Crippen MR) is 85.8 cm³/mol. The van der Waals surface area contributed by atoms with E-state index in [4.69, 9.17) is 9.11 Å². The Morgan fingerprint density at radius 1 is 0.773 bits per heavy atom. The Morgan fingerprint density at radius 3 is 1.36 bits per heavy atom. The van der Waals surface area contributed by atoms with Crippen LogP contribution in [0.3, 0.4) is 0 Å². The zero-order chi connectivity index (χ0) is 17.2. The van der Waals surface area contributed by atoms with Crippen molar-refractivity contribution < 1.29 is 36.2 Å². The van der Waals surface area contributed by atoms with Crippen LogP contribution in [0.15, 0.2) is 0 Å². The molecule has 0 heterocycles. The van der Waals surface area contributed by atoms with Gasteiger partial charge in [0.25, 0.3) is 0 Å². The predicted octanol–water partition coefficient (Wildman–Crippen LogP) is -2.04. The Morgan fingerprint density at radius 2 is 1.09 bits per heavy atom. The number of aliphatic hydroxyl groups is 2. The van der Waals surface area contributed by atoms with E-state index in [0.29, 0.717) is 21.6 Å². The van der Waals surface area contributed by atoms with Crippen LogP contribution in [0.4, 0.5) is 0 Å². The van der Waals surface area contributed by atoms with Crippen molar-refractivity contribution in [3.8, 4) is 0 Å². The first kappa shape index (κ1) is 22.4. The van der Waals surface area contributed by atoms with Gasteiger partial charge in [-0.3, -0.25) is 9.11 Å². The molecule has 2 atom stereocenters. The summed E-state index contributed by atoms with van der Waals surface area (Å²) in [4.78, 5) is 0. The van der Waals surface area contributed by atoms with Crippen LogP contribution >= 0.6 is 21.6 Å². The third-order valence-corrected chi connectivity index (χ3v) is 6.30. The first-order chi connectivity index (χ1) is 10.0. The average molecular weight is 401 g/mol. The summed E-state index contributed by atoms with van der Waals surface area (Å²) in [5.41, 5.74) is 0. The molecule has 0 unspecified atom stereocenters. The Bertz CT molecular complexity index is 450. The molecule has 14 heteroatoms. The van der Waals surface area contributed by atoms with Crippen molar-refractivity contribution in [1.82, 2.24) is 10.6 Å². The fourth-order valence-corrected chi connectivity index (χ4v) is 3.85. The Labute approximate surface area is 136 Å². The lowest BCUT2D eigenvalue weighted by Gasteiger charge is -2.18. The summed E-state index contributed by atoms with van der Waals surface area (Å²) in [6, 6.07) is 0. The molecule has 0 aromatic heterocycles. The number of rotatable bonds is 13. The third kappa shape index (κ3) is 15.3. The van der Waals surface area contributed by atoms with E-state index in [0.717, 1.165) is 0 Å². The van der Waals surface area contributed by atoms with Crippen LogP contribution in [0.25, 0.3) is 0 Å². The van der Waals surface area contributed by atoms with E-state index in [1.807, 2.05) is 0 Å². The van der Waals surface area contributed by atoms with Gasteiger partial charge >= 0.3 is 18.3 Å². The highest BCUT2D eigenvalue weighted by Crippen LogP contribution is 2.07. The molecule has 0 aromatic rings. The smallest absolute Gasteiger partial charge is 0.319 e. The zero-order valence-electron chi connectivity index (χ0n) is 11.5. The minimum absolute atomic E-state index is 0.0225. The molecule has 0 amide bonds. The van der Waals surface area contributed by atoms with Crippen LogP contribution in [-0.4, -0.2) is 86.0 Å². The van der Waals surface area contributed by atoms with Gasteiger partial charge in [-0.25, -0.2) is 0 Å². The molecule has 0 radical (unpaired) electrons. The molecule has 0 spiro atoms. The molecule has 0 aliphatic carbocycles. The van der Waals surface area contributed by atoms with Crippen LogP contribution in [0, 0.1) is 0 Å². The lowest BCUT2D eigenvalue weighted by molar-refractivity contribution is 0.0216. The average Bonchev–Trinajstić information content (AvgIpc) is 2.34. The van der Waals surface area contributed by atoms with Crippen LogP contribution < -0.4 is 10.6 Å². The SMILES string of the molecule is O=S(=O)(O)SCCNC[C@@H](O)[C@@H](O)CNCCSS(=O)(=O)O. The van der Waals surface area contributed by atoms with Gasteiger partial charge in [-0.05, 0) is 21.6 Å². The normalized spacial score (nSPS) is 15.6. The molecular formula is C8H20N2O8S4.